The number of amides is 1. The molecule has 0 saturated carbocycles. The number of hydrogen-bond donors (Lipinski definition) is 7. The third-order valence-corrected chi connectivity index (χ3v) is 2.72. The molecule has 0 aliphatic carbocycles. The number of rotatable bonds is 9. The van der Waals surface area contributed by atoms with Crippen molar-refractivity contribution in [2.75, 3.05) is 6.61 Å². The Morgan fingerprint density at radius 2 is 1.52 bits per heavy atom. The minimum atomic E-state index is -1.94. The van der Waals surface area contributed by atoms with Gasteiger partial charge in [0.15, 0.2) is 0 Å². The van der Waals surface area contributed by atoms with Crippen molar-refractivity contribution in [2.24, 2.45) is 0 Å². The molecule has 0 saturated heterocycles. The zero-order chi connectivity index (χ0) is 16.7. The quantitative estimate of drug-likeness (QED) is 0.208. The third-order valence-electron chi connectivity index (χ3n) is 2.72. The van der Waals surface area contributed by atoms with Crippen LogP contribution in [0.2, 0.25) is 0 Å². The Labute approximate surface area is 119 Å². The first-order chi connectivity index (χ1) is 9.61. The SMILES string of the molecule is CC(=O)N[C@@H]([C@@H](O)[C@H](O)[C@@H](O)CO)[C@@H](O)CC(=O)C(=O)O. The van der Waals surface area contributed by atoms with Gasteiger partial charge < -0.3 is 36.0 Å². The number of aliphatic hydroxyl groups excluding tert-OH is 5. The van der Waals surface area contributed by atoms with Gasteiger partial charge in [0.2, 0.25) is 11.7 Å². The highest BCUT2D eigenvalue weighted by Gasteiger charge is 2.37. The fourth-order valence-electron chi connectivity index (χ4n) is 1.60. The predicted molar refractivity (Wildman–Crippen MR) is 66.0 cm³/mol. The zero-order valence-electron chi connectivity index (χ0n) is 11.2. The molecule has 0 aromatic heterocycles. The molecule has 10 heteroatoms. The van der Waals surface area contributed by atoms with E-state index >= 15 is 0 Å². The Morgan fingerprint density at radius 1 is 1.00 bits per heavy atom. The molecule has 0 heterocycles. The Hall–Kier alpha value is -1.59. The second-order valence-corrected chi connectivity index (χ2v) is 4.46. The van der Waals surface area contributed by atoms with Crippen molar-refractivity contribution in [2.45, 2.75) is 43.8 Å². The van der Waals surface area contributed by atoms with Crippen LogP contribution in [0.3, 0.4) is 0 Å². The van der Waals surface area contributed by atoms with Crippen LogP contribution < -0.4 is 5.32 Å². The Morgan fingerprint density at radius 3 is 1.90 bits per heavy atom. The summed E-state index contributed by atoms with van der Waals surface area (Å²) < 4.78 is 0. The van der Waals surface area contributed by atoms with E-state index in [1.54, 1.807) is 0 Å². The lowest BCUT2D eigenvalue weighted by Gasteiger charge is -2.32. The molecule has 1 amide bonds. The largest absolute Gasteiger partial charge is 0.475 e. The monoisotopic (exact) mass is 309 g/mol. The summed E-state index contributed by atoms with van der Waals surface area (Å²) in [4.78, 5) is 32.4. The molecule has 5 atom stereocenters. The molecule has 0 rings (SSSR count). The fourth-order valence-corrected chi connectivity index (χ4v) is 1.60. The lowest BCUT2D eigenvalue weighted by atomic mass is 9.94. The maximum atomic E-state index is 11.0. The molecule has 0 aliphatic heterocycles. The molecule has 122 valence electrons. The lowest BCUT2D eigenvalue weighted by Crippen LogP contribution is -2.57. The Balaban J connectivity index is 5.04. The molecule has 0 aromatic carbocycles. The van der Waals surface area contributed by atoms with Crippen LogP contribution >= 0.6 is 0 Å². The lowest BCUT2D eigenvalue weighted by molar-refractivity contribution is -0.151. The van der Waals surface area contributed by atoms with Gasteiger partial charge in [-0.1, -0.05) is 0 Å². The van der Waals surface area contributed by atoms with Crippen molar-refractivity contribution in [1.29, 1.82) is 0 Å². The average Bonchev–Trinajstić information content (AvgIpc) is 2.41. The van der Waals surface area contributed by atoms with Crippen LogP contribution in [-0.4, -0.2) is 85.4 Å². The number of hydrogen-bond acceptors (Lipinski definition) is 8. The molecule has 0 radical (unpaired) electrons. The van der Waals surface area contributed by atoms with Crippen LogP contribution in [0, 0.1) is 0 Å². The highest BCUT2D eigenvalue weighted by atomic mass is 16.4. The number of nitrogens with one attached hydrogen (secondary N) is 1. The van der Waals surface area contributed by atoms with E-state index in [2.05, 4.69) is 0 Å². The van der Waals surface area contributed by atoms with E-state index in [0.717, 1.165) is 6.92 Å². The van der Waals surface area contributed by atoms with Gasteiger partial charge >= 0.3 is 5.97 Å². The number of aliphatic hydroxyl groups is 5. The van der Waals surface area contributed by atoms with Crippen LogP contribution in [-0.2, 0) is 14.4 Å². The molecule has 0 aromatic rings. The van der Waals surface area contributed by atoms with Crippen molar-refractivity contribution < 1.29 is 45.0 Å². The first-order valence-electron chi connectivity index (χ1n) is 5.98. The highest BCUT2D eigenvalue weighted by molar-refractivity contribution is 6.32. The van der Waals surface area contributed by atoms with Gasteiger partial charge in [-0.3, -0.25) is 9.59 Å². The van der Waals surface area contributed by atoms with Crippen molar-refractivity contribution in [3.8, 4) is 0 Å². The van der Waals surface area contributed by atoms with Crippen molar-refractivity contribution in [3.63, 3.8) is 0 Å². The number of ketones is 1. The van der Waals surface area contributed by atoms with Crippen LogP contribution in [0.1, 0.15) is 13.3 Å². The van der Waals surface area contributed by atoms with Crippen molar-refractivity contribution >= 4 is 17.7 Å². The number of aliphatic carboxylic acids is 1. The standard InChI is InChI=1S/C11H19NO9/c1-4(14)12-8(5(15)2-6(16)11(20)21)10(19)9(18)7(17)3-13/h5,7-10,13,15,17-19H,2-3H2,1H3,(H,12,14)(H,20,21)/t5-,7-,8+,9+,10+/m0/s1. The molecule has 7 N–H and O–H groups in total. The molecule has 10 nitrogen and oxygen atoms in total. The summed E-state index contributed by atoms with van der Waals surface area (Å²) in [6.07, 6.45) is -8.35. The summed E-state index contributed by atoms with van der Waals surface area (Å²) in [7, 11) is 0. The van der Waals surface area contributed by atoms with Gasteiger partial charge in [-0.15, -0.1) is 0 Å². The maximum absolute atomic E-state index is 11.0. The van der Waals surface area contributed by atoms with Gasteiger partial charge in [0.25, 0.3) is 0 Å². The predicted octanol–water partition coefficient (Wildman–Crippen LogP) is -4.03. The van der Waals surface area contributed by atoms with E-state index < -0.39 is 61.1 Å². The van der Waals surface area contributed by atoms with E-state index in [1.807, 2.05) is 5.32 Å². The van der Waals surface area contributed by atoms with Gasteiger partial charge in [0.1, 0.15) is 18.3 Å². The maximum Gasteiger partial charge on any atom is 0.372 e. The number of carbonyl (C=O) groups excluding carboxylic acids is 2. The van der Waals surface area contributed by atoms with Gasteiger partial charge in [0.05, 0.1) is 18.8 Å². The van der Waals surface area contributed by atoms with E-state index in [0.29, 0.717) is 0 Å². The van der Waals surface area contributed by atoms with E-state index in [-0.39, 0.29) is 0 Å². The minimum absolute atomic E-state index is 0.730. The van der Waals surface area contributed by atoms with Gasteiger partial charge in [0, 0.05) is 13.3 Å². The topological polar surface area (TPSA) is 185 Å². The smallest absolute Gasteiger partial charge is 0.372 e. The number of carboxylic acid groups (broad SMARTS) is 1. The van der Waals surface area contributed by atoms with E-state index in [9.17, 15) is 34.8 Å². The van der Waals surface area contributed by atoms with Crippen LogP contribution in [0.4, 0.5) is 0 Å². The summed E-state index contributed by atoms with van der Waals surface area (Å²) in [5.41, 5.74) is 0. The van der Waals surface area contributed by atoms with Crippen LogP contribution in [0.15, 0.2) is 0 Å². The van der Waals surface area contributed by atoms with Crippen LogP contribution in [0.25, 0.3) is 0 Å². The summed E-state index contributed by atoms with van der Waals surface area (Å²) >= 11 is 0. The molecular weight excluding hydrogens is 290 g/mol. The fraction of sp³-hybridized carbons (Fsp3) is 0.727. The van der Waals surface area contributed by atoms with E-state index in [1.165, 1.54) is 0 Å². The number of Topliss-reactive ketones (excluding diaryl/α,β-unsaturated/α-hetero) is 1. The number of carbonyl (C=O) groups is 3. The molecule has 0 unspecified atom stereocenters. The Bertz CT molecular complexity index is 386. The normalized spacial score (nSPS) is 18.2. The van der Waals surface area contributed by atoms with Crippen molar-refractivity contribution in [1.82, 2.24) is 5.32 Å². The first-order valence-corrected chi connectivity index (χ1v) is 5.98. The summed E-state index contributed by atoms with van der Waals surface area (Å²) in [6, 6.07) is -1.61. The van der Waals surface area contributed by atoms with E-state index in [4.69, 9.17) is 10.2 Å². The molecule has 21 heavy (non-hydrogen) atoms. The third kappa shape index (κ3) is 6.14. The molecule has 0 bridgehead atoms. The Kier molecular flexibility index (Phi) is 7.99. The molecule has 0 fully saturated rings. The van der Waals surface area contributed by atoms with Crippen molar-refractivity contribution in [3.05, 3.63) is 0 Å². The van der Waals surface area contributed by atoms with Gasteiger partial charge in [-0.25, -0.2) is 4.79 Å². The summed E-state index contributed by atoms with van der Waals surface area (Å²) in [5.74, 6) is -3.89. The molecular formula is C11H19NO9. The molecule has 0 spiro atoms. The zero-order valence-corrected chi connectivity index (χ0v) is 11.2. The minimum Gasteiger partial charge on any atom is -0.475 e. The highest BCUT2D eigenvalue weighted by Crippen LogP contribution is 2.11. The number of carboxylic acids is 1. The van der Waals surface area contributed by atoms with Gasteiger partial charge in [-0.05, 0) is 0 Å². The average molecular weight is 309 g/mol. The van der Waals surface area contributed by atoms with Crippen LogP contribution in [0.5, 0.6) is 0 Å². The second kappa shape index (κ2) is 8.64. The summed E-state index contributed by atoms with van der Waals surface area (Å²) in [5, 5.41) is 57.4. The molecule has 0 aliphatic rings. The van der Waals surface area contributed by atoms with Gasteiger partial charge in [-0.2, -0.15) is 0 Å². The summed E-state index contributed by atoms with van der Waals surface area (Å²) in [6.45, 7) is 0.134. The first kappa shape index (κ1) is 19.4. The second-order valence-electron chi connectivity index (χ2n) is 4.46.